The highest BCUT2D eigenvalue weighted by atomic mass is 16.5. The molecule has 0 bridgehead atoms. The highest BCUT2D eigenvalue weighted by molar-refractivity contribution is 4.83. The third-order valence-corrected chi connectivity index (χ3v) is 3.50. The summed E-state index contributed by atoms with van der Waals surface area (Å²) in [6.45, 7) is 5.36. The van der Waals surface area contributed by atoms with Crippen molar-refractivity contribution in [2.24, 2.45) is 11.8 Å². The number of nitrogens with one attached hydrogen (secondary N) is 1. The van der Waals surface area contributed by atoms with E-state index in [1.807, 2.05) is 0 Å². The molecule has 0 radical (unpaired) electrons. The molecule has 1 saturated carbocycles. The summed E-state index contributed by atoms with van der Waals surface area (Å²) in [5.41, 5.74) is 0. The lowest BCUT2D eigenvalue weighted by Gasteiger charge is -2.35. The van der Waals surface area contributed by atoms with Crippen LogP contribution in [0.15, 0.2) is 0 Å². The minimum atomic E-state index is 0.0905. The summed E-state index contributed by atoms with van der Waals surface area (Å²) in [6, 6.07) is 0.633. The summed E-state index contributed by atoms with van der Waals surface area (Å²) < 4.78 is 5.08. The molecule has 1 aliphatic rings. The predicted molar refractivity (Wildman–Crippen MR) is 61.9 cm³/mol. The highest BCUT2D eigenvalue weighted by Crippen LogP contribution is 2.28. The summed E-state index contributed by atoms with van der Waals surface area (Å²) in [5, 5.41) is 12.7. The fourth-order valence-corrected chi connectivity index (χ4v) is 2.42. The third-order valence-electron chi connectivity index (χ3n) is 3.50. The Bertz CT molecular complexity index is 175. The molecule has 90 valence electrons. The van der Waals surface area contributed by atoms with E-state index in [2.05, 4.69) is 19.2 Å². The van der Waals surface area contributed by atoms with Crippen molar-refractivity contribution in [3.05, 3.63) is 0 Å². The average Bonchev–Trinajstić information content (AvgIpc) is 2.22. The van der Waals surface area contributed by atoms with Gasteiger partial charge < -0.3 is 15.2 Å². The first kappa shape index (κ1) is 12.9. The van der Waals surface area contributed by atoms with Gasteiger partial charge in [-0.2, -0.15) is 0 Å². The predicted octanol–water partition coefficient (Wildman–Crippen LogP) is 1.41. The van der Waals surface area contributed by atoms with E-state index in [4.69, 9.17) is 4.74 Å². The monoisotopic (exact) mass is 215 g/mol. The molecular formula is C12H25NO2. The second kappa shape index (κ2) is 6.46. The molecule has 1 rings (SSSR count). The molecule has 3 heteroatoms. The fraction of sp³-hybridized carbons (Fsp3) is 1.00. The van der Waals surface area contributed by atoms with Crippen LogP contribution in [0.3, 0.4) is 0 Å². The van der Waals surface area contributed by atoms with Gasteiger partial charge in [-0.1, -0.05) is 20.3 Å². The van der Waals surface area contributed by atoms with Gasteiger partial charge in [-0.05, 0) is 24.7 Å². The number of aliphatic hydroxyl groups excluding tert-OH is 1. The van der Waals surface area contributed by atoms with Crippen molar-refractivity contribution in [3.8, 4) is 0 Å². The lowest BCUT2D eigenvalue weighted by Crippen LogP contribution is -2.48. The van der Waals surface area contributed by atoms with Crippen LogP contribution in [-0.2, 0) is 4.74 Å². The van der Waals surface area contributed by atoms with Gasteiger partial charge in [0.25, 0.3) is 0 Å². The second-order valence-electron chi connectivity index (χ2n) is 5.00. The number of hydrogen-bond donors (Lipinski definition) is 2. The fourth-order valence-electron chi connectivity index (χ4n) is 2.42. The topological polar surface area (TPSA) is 41.5 Å². The Hall–Kier alpha value is -0.120. The highest BCUT2D eigenvalue weighted by Gasteiger charge is 2.26. The molecule has 0 aliphatic heterocycles. The smallest absolute Gasteiger partial charge is 0.0638 e. The molecule has 15 heavy (non-hydrogen) atoms. The van der Waals surface area contributed by atoms with Gasteiger partial charge in [-0.3, -0.25) is 0 Å². The molecule has 2 N–H and O–H groups in total. The van der Waals surface area contributed by atoms with E-state index in [1.165, 1.54) is 19.3 Å². The zero-order valence-corrected chi connectivity index (χ0v) is 10.2. The molecule has 0 spiro atoms. The zero-order valence-electron chi connectivity index (χ0n) is 10.2. The van der Waals surface area contributed by atoms with Gasteiger partial charge in [0, 0.05) is 13.2 Å². The Morgan fingerprint density at radius 2 is 2.13 bits per heavy atom. The van der Waals surface area contributed by atoms with Crippen LogP contribution in [0.4, 0.5) is 0 Å². The standard InChI is InChI=1S/C12H25NO2/c1-9-4-5-10(2)12(6-9)13-11(7-14)8-15-3/h9-14H,4-8H2,1-3H3. The van der Waals surface area contributed by atoms with Crippen molar-refractivity contribution >= 4 is 0 Å². The molecule has 1 aliphatic carbocycles. The van der Waals surface area contributed by atoms with Crippen LogP contribution in [-0.4, -0.2) is 37.5 Å². The first-order valence-corrected chi connectivity index (χ1v) is 6.03. The van der Waals surface area contributed by atoms with Gasteiger partial charge in [0.05, 0.1) is 19.3 Å². The van der Waals surface area contributed by atoms with Crippen LogP contribution >= 0.6 is 0 Å². The van der Waals surface area contributed by atoms with E-state index in [-0.39, 0.29) is 12.6 Å². The zero-order chi connectivity index (χ0) is 11.3. The van der Waals surface area contributed by atoms with Crippen molar-refractivity contribution in [1.82, 2.24) is 5.32 Å². The van der Waals surface area contributed by atoms with Crippen molar-refractivity contribution in [2.45, 2.75) is 45.2 Å². The molecule has 0 aromatic heterocycles. The van der Waals surface area contributed by atoms with Crippen LogP contribution in [0.25, 0.3) is 0 Å². The molecule has 4 unspecified atom stereocenters. The van der Waals surface area contributed by atoms with Gasteiger partial charge in [0.1, 0.15) is 0 Å². The SMILES string of the molecule is COCC(CO)NC1CC(C)CCC1C. The van der Waals surface area contributed by atoms with Crippen molar-refractivity contribution in [3.63, 3.8) is 0 Å². The second-order valence-corrected chi connectivity index (χ2v) is 5.00. The van der Waals surface area contributed by atoms with E-state index in [1.54, 1.807) is 7.11 Å². The number of rotatable bonds is 5. The van der Waals surface area contributed by atoms with Gasteiger partial charge >= 0.3 is 0 Å². The Balaban J connectivity index is 2.39. The molecule has 0 aromatic rings. The van der Waals surface area contributed by atoms with Gasteiger partial charge in [0.15, 0.2) is 0 Å². The van der Waals surface area contributed by atoms with Crippen LogP contribution < -0.4 is 5.32 Å². The Kier molecular flexibility index (Phi) is 5.58. The van der Waals surface area contributed by atoms with Crippen molar-refractivity contribution in [1.29, 1.82) is 0 Å². The number of hydrogen-bond acceptors (Lipinski definition) is 3. The Morgan fingerprint density at radius 1 is 1.40 bits per heavy atom. The summed E-state index contributed by atoms with van der Waals surface area (Å²) in [7, 11) is 1.68. The van der Waals surface area contributed by atoms with Crippen LogP contribution in [0, 0.1) is 11.8 Å². The first-order chi connectivity index (χ1) is 7.17. The third kappa shape index (κ3) is 4.09. The Labute approximate surface area is 93.2 Å². The maximum absolute atomic E-state index is 9.20. The van der Waals surface area contributed by atoms with E-state index in [9.17, 15) is 5.11 Å². The van der Waals surface area contributed by atoms with Gasteiger partial charge in [0.2, 0.25) is 0 Å². The number of methoxy groups -OCH3 is 1. The number of ether oxygens (including phenoxy) is 1. The van der Waals surface area contributed by atoms with Crippen LogP contribution in [0.1, 0.15) is 33.1 Å². The minimum Gasteiger partial charge on any atom is -0.395 e. The van der Waals surface area contributed by atoms with Crippen LogP contribution in [0.2, 0.25) is 0 Å². The minimum absolute atomic E-state index is 0.0905. The molecule has 0 aromatic carbocycles. The molecule has 3 nitrogen and oxygen atoms in total. The summed E-state index contributed by atoms with van der Waals surface area (Å²) >= 11 is 0. The van der Waals surface area contributed by atoms with Gasteiger partial charge in [-0.25, -0.2) is 0 Å². The van der Waals surface area contributed by atoms with Crippen molar-refractivity contribution in [2.75, 3.05) is 20.3 Å². The van der Waals surface area contributed by atoms with E-state index < -0.39 is 0 Å². The average molecular weight is 215 g/mol. The van der Waals surface area contributed by atoms with E-state index in [0.717, 1.165) is 5.92 Å². The quantitative estimate of drug-likeness (QED) is 0.728. The largest absolute Gasteiger partial charge is 0.395 e. The molecular weight excluding hydrogens is 190 g/mol. The lowest BCUT2D eigenvalue weighted by molar-refractivity contribution is 0.105. The molecule has 4 atom stereocenters. The van der Waals surface area contributed by atoms with Gasteiger partial charge in [-0.15, -0.1) is 0 Å². The molecule has 0 heterocycles. The number of aliphatic hydroxyl groups is 1. The van der Waals surface area contributed by atoms with Crippen molar-refractivity contribution < 1.29 is 9.84 Å². The lowest BCUT2D eigenvalue weighted by atomic mass is 9.80. The summed E-state index contributed by atoms with van der Waals surface area (Å²) in [6.07, 6.45) is 3.86. The van der Waals surface area contributed by atoms with E-state index >= 15 is 0 Å². The Morgan fingerprint density at radius 3 is 2.73 bits per heavy atom. The summed E-state index contributed by atoms with van der Waals surface area (Å²) in [4.78, 5) is 0. The van der Waals surface area contributed by atoms with E-state index in [0.29, 0.717) is 18.6 Å². The molecule has 0 amide bonds. The maximum atomic E-state index is 9.20. The first-order valence-electron chi connectivity index (χ1n) is 6.03. The maximum Gasteiger partial charge on any atom is 0.0638 e. The van der Waals surface area contributed by atoms with Crippen LogP contribution in [0.5, 0.6) is 0 Å². The molecule has 1 fully saturated rings. The summed E-state index contributed by atoms with van der Waals surface area (Å²) in [5.74, 6) is 1.52. The molecule has 0 saturated heterocycles. The normalized spacial score (nSPS) is 34.0.